The normalized spacial score (nSPS) is 10.8. The Balaban J connectivity index is 2.18. The SMILES string of the molecule is [C-]#[N+]c1ccc(-c2c3ccccc3c(Br)c3ccccc23)cc1. The maximum absolute atomic E-state index is 7.13. The summed E-state index contributed by atoms with van der Waals surface area (Å²) in [4.78, 5) is 3.49. The first-order valence-corrected chi connectivity index (χ1v) is 8.16. The highest BCUT2D eigenvalue weighted by atomic mass is 79.9. The third kappa shape index (κ3) is 2.21. The molecule has 0 saturated carbocycles. The lowest BCUT2D eigenvalue weighted by atomic mass is 9.92. The van der Waals surface area contributed by atoms with Crippen molar-refractivity contribution in [3.63, 3.8) is 0 Å². The van der Waals surface area contributed by atoms with Crippen LogP contribution < -0.4 is 0 Å². The first-order chi connectivity index (χ1) is 11.3. The Kier molecular flexibility index (Phi) is 3.37. The molecule has 0 spiro atoms. The Labute approximate surface area is 143 Å². The summed E-state index contributed by atoms with van der Waals surface area (Å²) in [5.74, 6) is 0. The Morgan fingerprint density at radius 2 is 1.13 bits per heavy atom. The van der Waals surface area contributed by atoms with Crippen molar-refractivity contribution >= 4 is 43.2 Å². The van der Waals surface area contributed by atoms with Crippen LogP contribution in [0, 0.1) is 6.57 Å². The maximum atomic E-state index is 7.13. The molecule has 0 aliphatic rings. The fourth-order valence-corrected chi connectivity index (χ4v) is 3.78. The molecule has 0 atom stereocenters. The van der Waals surface area contributed by atoms with Gasteiger partial charge in [-0.1, -0.05) is 72.8 Å². The summed E-state index contributed by atoms with van der Waals surface area (Å²) in [6, 6.07) is 24.7. The quantitative estimate of drug-likeness (QED) is 0.256. The number of hydrogen-bond donors (Lipinski definition) is 0. The molecule has 0 N–H and O–H groups in total. The first-order valence-electron chi connectivity index (χ1n) is 7.36. The van der Waals surface area contributed by atoms with Gasteiger partial charge in [0.05, 0.1) is 6.57 Å². The molecule has 23 heavy (non-hydrogen) atoms. The van der Waals surface area contributed by atoms with Crippen LogP contribution in [0.2, 0.25) is 0 Å². The topological polar surface area (TPSA) is 4.36 Å². The van der Waals surface area contributed by atoms with Crippen LogP contribution >= 0.6 is 15.9 Å². The molecule has 2 heteroatoms. The van der Waals surface area contributed by atoms with Gasteiger partial charge >= 0.3 is 0 Å². The Bertz CT molecular complexity index is 1020. The van der Waals surface area contributed by atoms with E-state index in [1.54, 1.807) is 0 Å². The molecule has 0 aliphatic carbocycles. The van der Waals surface area contributed by atoms with Gasteiger partial charge in [-0.2, -0.15) is 0 Å². The molecule has 0 heterocycles. The van der Waals surface area contributed by atoms with E-state index in [0.717, 1.165) is 10.0 Å². The lowest BCUT2D eigenvalue weighted by molar-refractivity contribution is 1.67. The molecule has 108 valence electrons. The zero-order valence-corrected chi connectivity index (χ0v) is 13.8. The van der Waals surface area contributed by atoms with Gasteiger partial charge in [-0.25, -0.2) is 4.85 Å². The van der Waals surface area contributed by atoms with Gasteiger partial charge in [-0.3, -0.25) is 0 Å². The summed E-state index contributed by atoms with van der Waals surface area (Å²) < 4.78 is 1.13. The highest BCUT2D eigenvalue weighted by Crippen LogP contribution is 2.41. The average Bonchev–Trinajstić information content (AvgIpc) is 2.63. The van der Waals surface area contributed by atoms with Gasteiger partial charge in [0.25, 0.3) is 0 Å². The first kappa shape index (κ1) is 14.0. The van der Waals surface area contributed by atoms with Crippen LogP contribution in [-0.2, 0) is 0 Å². The number of hydrogen-bond acceptors (Lipinski definition) is 0. The number of halogens is 1. The molecular formula is C21H12BrN. The van der Waals surface area contributed by atoms with E-state index in [0.29, 0.717) is 5.69 Å². The van der Waals surface area contributed by atoms with E-state index in [2.05, 4.69) is 69.3 Å². The summed E-state index contributed by atoms with van der Waals surface area (Å²) in [5, 5.41) is 4.84. The third-order valence-corrected chi connectivity index (χ3v) is 5.01. The van der Waals surface area contributed by atoms with Gasteiger partial charge in [-0.15, -0.1) is 0 Å². The largest absolute Gasteiger partial charge is 0.238 e. The molecule has 4 aromatic rings. The number of rotatable bonds is 1. The van der Waals surface area contributed by atoms with Crippen LogP contribution in [-0.4, -0.2) is 0 Å². The second-order valence-electron chi connectivity index (χ2n) is 5.44. The fraction of sp³-hybridized carbons (Fsp3) is 0. The zero-order valence-electron chi connectivity index (χ0n) is 12.3. The van der Waals surface area contributed by atoms with E-state index in [1.807, 2.05) is 24.3 Å². The van der Waals surface area contributed by atoms with Crippen LogP contribution in [0.1, 0.15) is 0 Å². The third-order valence-electron chi connectivity index (χ3n) is 4.15. The zero-order chi connectivity index (χ0) is 15.8. The summed E-state index contributed by atoms with van der Waals surface area (Å²) in [6.45, 7) is 7.13. The molecule has 0 aromatic heterocycles. The predicted octanol–water partition coefficient (Wildman–Crippen LogP) is 6.97. The van der Waals surface area contributed by atoms with Crippen molar-refractivity contribution in [2.24, 2.45) is 0 Å². The van der Waals surface area contributed by atoms with E-state index in [1.165, 1.54) is 27.1 Å². The lowest BCUT2D eigenvalue weighted by Crippen LogP contribution is -1.87. The van der Waals surface area contributed by atoms with E-state index >= 15 is 0 Å². The molecule has 0 aliphatic heterocycles. The molecule has 0 amide bonds. The van der Waals surface area contributed by atoms with Gasteiger partial charge in [0, 0.05) is 4.47 Å². The monoisotopic (exact) mass is 357 g/mol. The molecule has 4 rings (SSSR count). The summed E-state index contributed by atoms with van der Waals surface area (Å²) in [7, 11) is 0. The lowest BCUT2D eigenvalue weighted by Gasteiger charge is -2.14. The predicted molar refractivity (Wildman–Crippen MR) is 101 cm³/mol. The van der Waals surface area contributed by atoms with Crippen molar-refractivity contribution in [3.05, 3.63) is 88.7 Å². The highest BCUT2D eigenvalue weighted by Gasteiger charge is 2.13. The van der Waals surface area contributed by atoms with Crippen LogP contribution in [0.4, 0.5) is 5.69 Å². The molecule has 0 fully saturated rings. The van der Waals surface area contributed by atoms with Crippen LogP contribution in [0.15, 0.2) is 77.3 Å². The number of benzene rings is 4. The van der Waals surface area contributed by atoms with Gasteiger partial charge in [0.1, 0.15) is 0 Å². The second-order valence-corrected chi connectivity index (χ2v) is 6.23. The van der Waals surface area contributed by atoms with Crippen molar-refractivity contribution in [1.29, 1.82) is 0 Å². The average molecular weight is 358 g/mol. The standard InChI is InChI=1S/C21H12BrN/c1-23-15-12-10-14(11-13-15)20-16-6-2-4-8-18(16)21(22)19-9-5-3-7-17(19)20/h2-13H. The molecule has 1 nitrogen and oxygen atoms in total. The Morgan fingerprint density at radius 1 is 0.652 bits per heavy atom. The van der Waals surface area contributed by atoms with E-state index in [9.17, 15) is 0 Å². The van der Waals surface area contributed by atoms with E-state index < -0.39 is 0 Å². The van der Waals surface area contributed by atoms with Gasteiger partial charge in [-0.05, 0) is 48.6 Å². The van der Waals surface area contributed by atoms with Crippen molar-refractivity contribution in [2.45, 2.75) is 0 Å². The number of nitrogens with zero attached hydrogens (tertiary/aromatic N) is 1. The van der Waals surface area contributed by atoms with Crippen molar-refractivity contribution < 1.29 is 0 Å². The minimum absolute atomic E-state index is 0.666. The minimum atomic E-state index is 0.666. The van der Waals surface area contributed by atoms with E-state index in [-0.39, 0.29) is 0 Å². The van der Waals surface area contributed by atoms with Gasteiger partial charge < -0.3 is 0 Å². The fourth-order valence-electron chi connectivity index (χ4n) is 3.09. The van der Waals surface area contributed by atoms with Crippen molar-refractivity contribution in [2.75, 3.05) is 0 Å². The maximum Gasteiger partial charge on any atom is 0.187 e. The Morgan fingerprint density at radius 3 is 1.61 bits per heavy atom. The molecule has 0 bridgehead atoms. The van der Waals surface area contributed by atoms with Gasteiger partial charge in [0.15, 0.2) is 5.69 Å². The second kappa shape index (κ2) is 5.53. The smallest absolute Gasteiger partial charge is 0.187 e. The molecule has 4 aromatic carbocycles. The van der Waals surface area contributed by atoms with E-state index in [4.69, 9.17) is 6.57 Å². The molecule has 0 saturated heterocycles. The summed E-state index contributed by atoms with van der Waals surface area (Å²) in [5.41, 5.74) is 3.02. The van der Waals surface area contributed by atoms with Crippen LogP contribution in [0.5, 0.6) is 0 Å². The van der Waals surface area contributed by atoms with Crippen molar-refractivity contribution in [3.8, 4) is 11.1 Å². The minimum Gasteiger partial charge on any atom is -0.238 e. The van der Waals surface area contributed by atoms with Crippen LogP contribution in [0.25, 0.3) is 37.5 Å². The van der Waals surface area contributed by atoms with Crippen LogP contribution in [0.3, 0.4) is 0 Å². The summed E-state index contributed by atoms with van der Waals surface area (Å²) >= 11 is 3.77. The summed E-state index contributed by atoms with van der Waals surface area (Å²) in [6.07, 6.45) is 0. The molecule has 0 unspecified atom stereocenters. The molecular weight excluding hydrogens is 346 g/mol. The number of fused-ring (bicyclic) bond motifs is 2. The Hall–Kier alpha value is -2.63. The highest BCUT2D eigenvalue weighted by molar-refractivity contribution is 9.10. The van der Waals surface area contributed by atoms with Crippen molar-refractivity contribution in [1.82, 2.24) is 0 Å². The van der Waals surface area contributed by atoms with Gasteiger partial charge in [0.2, 0.25) is 0 Å². The molecule has 0 radical (unpaired) electrons.